The van der Waals surface area contributed by atoms with Gasteiger partial charge in [-0.25, -0.2) is 0 Å². The molecule has 0 bridgehead atoms. The predicted molar refractivity (Wildman–Crippen MR) is 91.6 cm³/mol. The molecular formula is C19H18N2O3. The van der Waals surface area contributed by atoms with Gasteiger partial charge >= 0.3 is 0 Å². The molecule has 2 aromatic carbocycles. The summed E-state index contributed by atoms with van der Waals surface area (Å²) in [4.78, 5) is 25.8. The summed E-state index contributed by atoms with van der Waals surface area (Å²) in [6.45, 7) is 0.356. The molecule has 0 atom stereocenters. The summed E-state index contributed by atoms with van der Waals surface area (Å²) >= 11 is 0. The second kappa shape index (κ2) is 7.00. The standard InChI is InChI=1S/C19H18N2O3/c1-24-17-10-6-5-9-15(17)20-16-13-18(22)21(19(16)23)12-11-14-7-3-2-4-8-14/h2-10,13,20H,11-12H2,1H3. The van der Waals surface area contributed by atoms with Gasteiger partial charge in [0.25, 0.3) is 11.8 Å². The molecule has 24 heavy (non-hydrogen) atoms. The maximum Gasteiger partial charge on any atom is 0.277 e. The fourth-order valence-corrected chi connectivity index (χ4v) is 2.59. The lowest BCUT2D eigenvalue weighted by Crippen LogP contribution is -2.33. The molecule has 2 amide bonds. The molecule has 5 heteroatoms. The van der Waals surface area contributed by atoms with Crippen molar-refractivity contribution in [2.45, 2.75) is 6.42 Å². The van der Waals surface area contributed by atoms with Crippen LogP contribution in [0.4, 0.5) is 5.69 Å². The summed E-state index contributed by atoms with van der Waals surface area (Å²) in [5, 5.41) is 2.99. The van der Waals surface area contributed by atoms with Crippen LogP contribution in [-0.2, 0) is 16.0 Å². The van der Waals surface area contributed by atoms with E-state index in [0.29, 0.717) is 24.4 Å². The summed E-state index contributed by atoms with van der Waals surface area (Å²) in [5.74, 6) is -0.00319. The number of anilines is 1. The molecule has 0 saturated heterocycles. The van der Waals surface area contributed by atoms with Gasteiger partial charge in [0.05, 0.1) is 12.8 Å². The smallest absolute Gasteiger partial charge is 0.277 e. The highest BCUT2D eigenvalue weighted by Gasteiger charge is 2.31. The molecule has 1 aliphatic rings. The second-order valence-electron chi connectivity index (χ2n) is 5.41. The molecule has 2 aromatic rings. The molecule has 1 heterocycles. The summed E-state index contributed by atoms with van der Waals surface area (Å²) in [6, 6.07) is 17.0. The molecule has 0 aliphatic carbocycles. The lowest BCUT2D eigenvalue weighted by Gasteiger charge is -2.16. The predicted octanol–water partition coefficient (Wildman–Crippen LogP) is 2.60. The number of benzene rings is 2. The molecule has 0 spiro atoms. The van der Waals surface area contributed by atoms with E-state index < -0.39 is 0 Å². The van der Waals surface area contributed by atoms with Gasteiger partial charge in [-0.15, -0.1) is 0 Å². The topological polar surface area (TPSA) is 58.6 Å². The minimum absolute atomic E-state index is 0.262. The van der Waals surface area contributed by atoms with Crippen molar-refractivity contribution in [3.63, 3.8) is 0 Å². The van der Waals surface area contributed by atoms with E-state index in [1.165, 1.54) is 11.0 Å². The molecule has 0 fully saturated rings. The summed E-state index contributed by atoms with van der Waals surface area (Å²) < 4.78 is 5.25. The molecule has 0 radical (unpaired) electrons. The molecule has 0 aromatic heterocycles. The Morgan fingerprint density at radius 3 is 2.46 bits per heavy atom. The van der Waals surface area contributed by atoms with Crippen LogP contribution in [0.15, 0.2) is 66.4 Å². The van der Waals surface area contributed by atoms with Crippen molar-refractivity contribution in [1.29, 1.82) is 0 Å². The van der Waals surface area contributed by atoms with E-state index in [2.05, 4.69) is 5.32 Å². The SMILES string of the molecule is COc1ccccc1NC1=CC(=O)N(CCc2ccccc2)C1=O. The number of para-hydroxylation sites is 2. The molecule has 0 unspecified atom stereocenters. The number of imide groups is 1. The largest absolute Gasteiger partial charge is 0.495 e. The van der Waals surface area contributed by atoms with E-state index in [-0.39, 0.29) is 17.5 Å². The van der Waals surface area contributed by atoms with Crippen molar-refractivity contribution >= 4 is 17.5 Å². The Morgan fingerprint density at radius 1 is 1.00 bits per heavy atom. The third-order valence-electron chi connectivity index (χ3n) is 3.85. The molecule has 1 N–H and O–H groups in total. The van der Waals surface area contributed by atoms with Gasteiger partial charge in [-0.2, -0.15) is 0 Å². The van der Waals surface area contributed by atoms with Crippen molar-refractivity contribution in [3.05, 3.63) is 71.9 Å². The average molecular weight is 322 g/mol. The number of rotatable bonds is 6. The first-order valence-electron chi connectivity index (χ1n) is 7.70. The first-order valence-corrected chi connectivity index (χ1v) is 7.70. The van der Waals surface area contributed by atoms with Gasteiger partial charge in [-0.1, -0.05) is 42.5 Å². The van der Waals surface area contributed by atoms with Gasteiger partial charge in [0.15, 0.2) is 0 Å². The maximum absolute atomic E-state index is 12.5. The molecule has 1 aliphatic heterocycles. The van der Waals surface area contributed by atoms with Crippen molar-refractivity contribution < 1.29 is 14.3 Å². The number of nitrogens with one attached hydrogen (secondary N) is 1. The van der Waals surface area contributed by atoms with Crippen LogP contribution in [0.3, 0.4) is 0 Å². The first-order chi connectivity index (χ1) is 11.7. The lowest BCUT2D eigenvalue weighted by atomic mass is 10.1. The Balaban J connectivity index is 1.68. The van der Waals surface area contributed by atoms with E-state index in [9.17, 15) is 9.59 Å². The Labute approximate surface area is 140 Å². The third-order valence-corrected chi connectivity index (χ3v) is 3.85. The van der Waals surface area contributed by atoms with Crippen LogP contribution >= 0.6 is 0 Å². The van der Waals surface area contributed by atoms with Crippen LogP contribution in [0.1, 0.15) is 5.56 Å². The third kappa shape index (κ3) is 3.30. The Bertz CT molecular complexity index is 784. The summed E-state index contributed by atoms with van der Waals surface area (Å²) in [6.07, 6.45) is 1.97. The van der Waals surface area contributed by atoms with Gasteiger partial charge < -0.3 is 10.1 Å². The monoisotopic (exact) mass is 322 g/mol. The van der Waals surface area contributed by atoms with Crippen LogP contribution < -0.4 is 10.1 Å². The van der Waals surface area contributed by atoms with E-state index >= 15 is 0 Å². The van der Waals surface area contributed by atoms with Gasteiger partial charge in [-0.05, 0) is 24.1 Å². The first kappa shape index (κ1) is 15.8. The minimum atomic E-state index is -0.318. The van der Waals surface area contributed by atoms with Crippen LogP contribution in [0.2, 0.25) is 0 Å². The number of nitrogens with zero attached hydrogens (tertiary/aromatic N) is 1. The molecule has 3 rings (SSSR count). The molecular weight excluding hydrogens is 304 g/mol. The highest BCUT2D eigenvalue weighted by molar-refractivity contribution is 6.17. The number of hydrogen-bond acceptors (Lipinski definition) is 4. The lowest BCUT2D eigenvalue weighted by molar-refractivity contribution is -0.137. The zero-order chi connectivity index (χ0) is 16.9. The normalized spacial score (nSPS) is 13.9. The van der Waals surface area contributed by atoms with Crippen LogP contribution in [0.25, 0.3) is 0 Å². The van der Waals surface area contributed by atoms with E-state index in [1.807, 2.05) is 42.5 Å². The van der Waals surface area contributed by atoms with Crippen molar-refractivity contribution in [1.82, 2.24) is 4.90 Å². The molecule has 0 saturated carbocycles. The number of carbonyl (C=O) groups is 2. The zero-order valence-electron chi connectivity index (χ0n) is 13.4. The van der Waals surface area contributed by atoms with Crippen molar-refractivity contribution in [2.75, 3.05) is 19.0 Å². The minimum Gasteiger partial charge on any atom is -0.495 e. The quantitative estimate of drug-likeness (QED) is 0.831. The van der Waals surface area contributed by atoms with E-state index in [0.717, 1.165) is 5.56 Å². The van der Waals surface area contributed by atoms with Crippen LogP contribution in [0, 0.1) is 0 Å². The Morgan fingerprint density at radius 2 is 1.71 bits per heavy atom. The highest BCUT2D eigenvalue weighted by Crippen LogP contribution is 2.26. The van der Waals surface area contributed by atoms with Crippen molar-refractivity contribution in [2.24, 2.45) is 0 Å². The Kier molecular flexibility index (Phi) is 4.61. The van der Waals surface area contributed by atoms with Crippen molar-refractivity contribution in [3.8, 4) is 5.75 Å². The number of ether oxygens (including phenoxy) is 1. The van der Waals surface area contributed by atoms with E-state index in [4.69, 9.17) is 4.74 Å². The molecule has 5 nitrogen and oxygen atoms in total. The fraction of sp³-hybridized carbons (Fsp3) is 0.158. The molecule has 122 valence electrons. The Hall–Kier alpha value is -3.08. The average Bonchev–Trinajstić information content (AvgIpc) is 2.88. The highest BCUT2D eigenvalue weighted by atomic mass is 16.5. The summed E-state index contributed by atoms with van der Waals surface area (Å²) in [7, 11) is 1.56. The number of methoxy groups -OCH3 is 1. The number of hydrogen-bond donors (Lipinski definition) is 1. The number of amides is 2. The van der Waals surface area contributed by atoms with Gasteiger partial charge in [0, 0.05) is 12.6 Å². The maximum atomic E-state index is 12.5. The van der Waals surface area contributed by atoms with Gasteiger partial charge in [0.2, 0.25) is 0 Å². The van der Waals surface area contributed by atoms with Gasteiger partial charge in [0.1, 0.15) is 11.4 Å². The fourth-order valence-electron chi connectivity index (χ4n) is 2.59. The van der Waals surface area contributed by atoms with Crippen LogP contribution in [-0.4, -0.2) is 30.4 Å². The second-order valence-corrected chi connectivity index (χ2v) is 5.41. The van der Waals surface area contributed by atoms with E-state index in [1.54, 1.807) is 19.2 Å². The summed E-state index contributed by atoms with van der Waals surface area (Å²) in [5.41, 5.74) is 2.00. The number of carbonyl (C=O) groups excluding carboxylic acids is 2. The van der Waals surface area contributed by atoms with Crippen LogP contribution in [0.5, 0.6) is 5.75 Å². The zero-order valence-corrected chi connectivity index (χ0v) is 13.4. The van der Waals surface area contributed by atoms with Gasteiger partial charge in [-0.3, -0.25) is 14.5 Å².